The SMILES string of the molecule is O=CC1(C=O)C=CN=N1. The molecule has 46 valence electrons. The number of hydrogen-bond acceptors (Lipinski definition) is 4. The molecule has 0 saturated carbocycles. The zero-order valence-corrected chi connectivity index (χ0v) is 4.52. The molecule has 4 heteroatoms. The van der Waals surface area contributed by atoms with E-state index < -0.39 is 5.54 Å². The van der Waals surface area contributed by atoms with Gasteiger partial charge in [0.15, 0.2) is 12.6 Å². The Balaban J connectivity index is 2.94. The van der Waals surface area contributed by atoms with Gasteiger partial charge in [-0.25, -0.2) is 0 Å². The van der Waals surface area contributed by atoms with Gasteiger partial charge in [0.1, 0.15) is 0 Å². The van der Waals surface area contributed by atoms with Gasteiger partial charge in [-0.15, -0.1) is 0 Å². The van der Waals surface area contributed by atoms with Crippen LogP contribution in [-0.2, 0) is 9.59 Å². The number of rotatable bonds is 2. The normalized spacial score (nSPS) is 20.0. The minimum Gasteiger partial charge on any atom is -0.300 e. The maximum absolute atomic E-state index is 10.1. The van der Waals surface area contributed by atoms with Crippen LogP contribution in [-0.4, -0.2) is 18.1 Å². The molecule has 0 aromatic carbocycles. The Labute approximate surface area is 51.3 Å². The molecule has 0 aliphatic carbocycles. The van der Waals surface area contributed by atoms with E-state index in [9.17, 15) is 9.59 Å². The number of hydrogen-bond donors (Lipinski definition) is 0. The lowest BCUT2D eigenvalue weighted by atomic mass is 10.1. The molecule has 1 heterocycles. The highest BCUT2D eigenvalue weighted by atomic mass is 16.1. The highest BCUT2D eigenvalue weighted by Gasteiger charge is 2.27. The molecule has 0 saturated heterocycles. The standard InChI is InChI=1S/C5H4N2O2/c8-3-5(4-9)1-2-6-7-5/h1-4H. The van der Waals surface area contributed by atoms with Crippen molar-refractivity contribution in [3.63, 3.8) is 0 Å². The van der Waals surface area contributed by atoms with Gasteiger partial charge in [-0.1, -0.05) is 0 Å². The Morgan fingerprint density at radius 1 is 1.33 bits per heavy atom. The van der Waals surface area contributed by atoms with Crippen LogP contribution in [0.1, 0.15) is 0 Å². The average molecular weight is 124 g/mol. The molecule has 9 heavy (non-hydrogen) atoms. The Hall–Kier alpha value is -1.32. The van der Waals surface area contributed by atoms with Crippen molar-refractivity contribution in [3.8, 4) is 0 Å². The fourth-order valence-electron chi connectivity index (χ4n) is 0.473. The second kappa shape index (κ2) is 1.89. The molecule has 0 N–H and O–H groups in total. The third-order valence-corrected chi connectivity index (χ3v) is 1.02. The van der Waals surface area contributed by atoms with Crippen LogP contribution in [0.3, 0.4) is 0 Å². The summed E-state index contributed by atoms with van der Waals surface area (Å²) < 4.78 is 0. The quantitative estimate of drug-likeness (QED) is 0.387. The number of azo groups is 1. The second-order valence-electron chi connectivity index (χ2n) is 1.65. The summed E-state index contributed by atoms with van der Waals surface area (Å²) in [7, 11) is 0. The van der Waals surface area contributed by atoms with Crippen molar-refractivity contribution in [1.82, 2.24) is 0 Å². The number of carbonyl (C=O) groups excluding carboxylic acids is 2. The van der Waals surface area contributed by atoms with E-state index in [4.69, 9.17) is 0 Å². The summed E-state index contributed by atoms with van der Waals surface area (Å²) in [6.07, 6.45) is 3.57. The van der Waals surface area contributed by atoms with Gasteiger partial charge >= 0.3 is 0 Å². The van der Waals surface area contributed by atoms with Gasteiger partial charge in [0.25, 0.3) is 0 Å². The molecule has 1 rings (SSSR count). The lowest BCUT2D eigenvalue weighted by molar-refractivity contribution is -0.118. The summed E-state index contributed by atoms with van der Waals surface area (Å²) in [6, 6.07) is 0. The van der Waals surface area contributed by atoms with Crippen molar-refractivity contribution >= 4 is 12.6 Å². The van der Waals surface area contributed by atoms with Crippen LogP contribution in [0, 0.1) is 0 Å². The molecule has 1 aliphatic rings. The van der Waals surface area contributed by atoms with Crippen molar-refractivity contribution in [3.05, 3.63) is 12.3 Å². The van der Waals surface area contributed by atoms with Crippen LogP contribution < -0.4 is 0 Å². The third-order valence-electron chi connectivity index (χ3n) is 1.02. The smallest absolute Gasteiger partial charge is 0.211 e. The van der Waals surface area contributed by atoms with Gasteiger partial charge < -0.3 is 0 Å². The van der Waals surface area contributed by atoms with Crippen LogP contribution in [0.25, 0.3) is 0 Å². The van der Waals surface area contributed by atoms with Crippen LogP contribution in [0.2, 0.25) is 0 Å². The van der Waals surface area contributed by atoms with Gasteiger partial charge in [0, 0.05) is 6.20 Å². The highest BCUT2D eigenvalue weighted by molar-refractivity contribution is 5.92. The molecule has 0 radical (unpaired) electrons. The molecular weight excluding hydrogens is 120 g/mol. The van der Waals surface area contributed by atoms with Crippen LogP contribution in [0.15, 0.2) is 22.5 Å². The highest BCUT2D eigenvalue weighted by Crippen LogP contribution is 2.12. The summed E-state index contributed by atoms with van der Waals surface area (Å²) in [6.45, 7) is 0. The first kappa shape index (κ1) is 5.81. The van der Waals surface area contributed by atoms with Gasteiger partial charge in [0.05, 0.1) is 0 Å². The molecule has 1 aliphatic heterocycles. The van der Waals surface area contributed by atoms with Crippen molar-refractivity contribution in [2.24, 2.45) is 10.2 Å². The topological polar surface area (TPSA) is 58.9 Å². The molecule has 4 nitrogen and oxygen atoms in total. The third kappa shape index (κ3) is 0.782. The largest absolute Gasteiger partial charge is 0.300 e. The molecule has 0 unspecified atom stereocenters. The predicted octanol–water partition coefficient (Wildman–Crippen LogP) is 0.103. The maximum Gasteiger partial charge on any atom is 0.211 e. The Morgan fingerprint density at radius 3 is 2.22 bits per heavy atom. The fraction of sp³-hybridized carbons (Fsp3) is 0.200. The number of aldehydes is 2. The molecule has 0 aromatic heterocycles. The Morgan fingerprint density at radius 2 is 2.00 bits per heavy atom. The lowest BCUT2D eigenvalue weighted by Gasteiger charge is -2.01. The summed E-state index contributed by atoms with van der Waals surface area (Å²) in [5.74, 6) is 0. The zero-order valence-electron chi connectivity index (χ0n) is 4.52. The fourth-order valence-corrected chi connectivity index (χ4v) is 0.473. The minimum atomic E-state index is -1.31. The van der Waals surface area contributed by atoms with Crippen LogP contribution >= 0.6 is 0 Å². The Kier molecular flexibility index (Phi) is 1.22. The number of carbonyl (C=O) groups is 2. The average Bonchev–Trinajstić information content (AvgIpc) is 2.36. The van der Waals surface area contributed by atoms with Gasteiger partial charge in [-0.05, 0) is 6.08 Å². The lowest BCUT2D eigenvalue weighted by Crippen LogP contribution is -2.24. The molecule has 0 fully saturated rings. The molecule has 0 amide bonds. The van der Waals surface area contributed by atoms with Crippen molar-refractivity contribution < 1.29 is 9.59 Å². The maximum atomic E-state index is 10.1. The van der Waals surface area contributed by atoms with E-state index in [1.165, 1.54) is 12.3 Å². The van der Waals surface area contributed by atoms with E-state index in [0.717, 1.165) is 0 Å². The van der Waals surface area contributed by atoms with Gasteiger partial charge in [0.2, 0.25) is 5.54 Å². The summed E-state index contributed by atoms with van der Waals surface area (Å²) in [5, 5.41) is 6.74. The first-order chi connectivity index (χ1) is 4.33. The molecule has 0 aromatic rings. The summed E-state index contributed by atoms with van der Waals surface area (Å²) in [4.78, 5) is 20.2. The van der Waals surface area contributed by atoms with E-state index in [2.05, 4.69) is 10.2 Å². The van der Waals surface area contributed by atoms with Crippen molar-refractivity contribution in [2.75, 3.05) is 0 Å². The summed E-state index contributed by atoms with van der Waals surface area (Å²) in [5.41, 5.74) is -1.31. The predicted molar refractivity (Wildman–Crippen MR) is 28.9 cm³/mol. The monoisotopic (exact) mass is 124 g/mol. The molecule has 0 bridgehead atoms. The minimum absolute atomic E-state index is 0.451. The van der Waals surface area contributed by atoms with Crippen LogP contribution in [0.5, 0.6) is 0 Å². The van der Waals surface area contributed by atoms with Gasteiger partial charge in [-0.3, -0.25) is 9.59 Å². The molecule has 0 atom stereocenters. The van der Waals surface area contributed by atoms with Gasteiger partial charge in [-0.2, -0.15) is 10.2 Å². The summed E-state index contributed by atoms with van der Waals surface area (Å²) >= 11 is 0. The first-order valence-corrected chi connectivity index (χ1v) is 2.35. The van der Waals surface area contributed by atoms with E-state index in [0.29, 0.717) is 12.6 Å². The molecular formula is C5H4N2O2. The van der Waals surface area contributed by atoms with Crippen molar-refractivity contribution in [2.45, 2.75) is 5.54 Å². The number of nitrogens with zero attached hydrogens (tertiary/aromatic N) is 2. The molecule has 0 spiro atoms. The van der Waals surface area contributed by atoms with E-state index in [-0.39, 0.29) is 0 Å². The zero-order chi connectivity index (χ0) is 6.74. The Bertz CT molecular complexity index is 173. The first-order valence-electron chi connectivity index (χ1n) is 2.35. The second-order valence-corrected chi connectivity index (χ2v) is 1.65. The van der Waals surface area contributed by atoms with E-state index >= 15 is 0 Å². The van der Waals surface area contributed by atoms with E-state index in [1.807, 2.05) is 0 Å². The van der Waals surface area contributed by atoms with Crippen LogP contribution in [0.4, 0.5) is 0 Å². The van der Waals surface area contributed by atoms with Crippen molar-refractivity contribution in [1.29, 1.82) is 0 Å². The van der Waals surface area contributed by atoms with E-state index in [1.54, 1.807) is 0 Å².